The van der Waals surface area contributed by atoms with Gasteiger partial charge in [-0.25, -0.2) is 0 Å². The van der Waals surface area contributed by atoms with E-state index >= 15 is 0 Å². The Labute approximate surface area is 112 Å². The number of ether oxygens (including phenoxy) is 1. The Morgan fingerprint density at radius 1 is 0.789 bits per heavy atom. The summed E-state index contributed by atoms with van der Waals surface area (Å²) in [4.78, 5) is 0. The summed E-state index contributed by atoms with van der Waals surface area (Å²) in [6.07, 6.45) is 0. The Bertz CT molecular complexity index is 692. The van der Waals surface area contributed by atoms with Gasteiger partial charge in [-0.1, -0.05) is 30.3 Å². The molecule has 0 aliphatic rings. The van der Waals surface area contributed by atoms with Crippen LogP contribution in [-0.2, 0) is 0 Å². The summed E-state index contributed by atoms with van der Waals surface area (Å²) in [6, 6.07) is 22.5. The molecule has 0 saturated heterocycles. The molecule has 0 spiro atoms. The molecule has 3 aromatic rings. The minimum atomic E-state index is 0.906. The Kier molecular flexibility index (Phi) is 3.07. The molecule has 2 nitrogen and oxygen atoms in total. The second-order valence-corrected chi connectivity index (χ2v) is 4.39. The first-order chi connectivity index (χ1) is 9.36. The van der Waals surface area contributed by atoms with Crippen molar-refractivity contribution in [2.24, 2.45) is 0 Å². The van der Waals surface area contributed by atoms with Gasteiger partial charge in [0.25, 0.3) is 0 Å². The zero-order valence-electron chi connectivity index (χ0n) is 10.8. The maximum absolute atomic E-state index is 5.37. The lowest BCUT2D eigenvalue weighted by molar-refractivity contribution is 0.420. The lowest BCUT2D eigenvalue weighted by Gasteiger charge is -2.09. The van der Waals surface area contributed by atoms with Gasteiger partial charge in [0.1, 0.15) is 5.75 Å². The Morgan fingerprint density at radius 3 is 2.42 bits per heavy atom. The smallest absolute Gasteiger partial charge is 0.126 e. The van der Waals surface area contributed by atoms with Crippen LogP contribution in [0.15, 0.2) is 66.7 Å². The van der Waals surface area contributed by atoms with Crippen LogP contribution < -0.4 is 10.1 Å². The third-order valence-corrected chi connectivity index (χ3v) is 3.12. The van der Waals surface area contributed by atoms with E-state index in [2.05, 4.69) is 41.7 Å². The molecule has 1 N–H and O–H groups in total. The summed E-state index contributed by atoms with van der Waals surface area (Å²) < 4.78 is 5.37. The molecule has 19 heavy (non-hydrogen) atoms. The Hall–Kier alpha value is -2.48. The van der Waals surface area contributed by atoms with Crippen LogP contribution in [0.1, 0.15) is 0 Å². The van der Waals surface area contributed by atoms with E-state index in [1.165, 1.54) is 5.39 Å². The largest absolute Gasteiger partial charge is 0.496 e. The topological polar surface area (TPSA) is 21.3 Å². The second kappa shape index (κ2) is 5.02. The van der Waals surface area contributed by atoms with Crippen molar-refractivity contribution in [1.29, 1.82) is 0 Å². The normalized spacial score (nSPS) is 10.4. The van der Waals surface area contributed by atoms with E-state index in [0.717, 1.165) is 22.5 Å². The van der Waals surface area contributed by atoms with E-state index in [1.807, 2.05) is 30.3 Å². The molecule has 0 bridgehead atoms. The number of anilines is 2. The van der Waals surface area contributed by atoms with E-state index in [4.69, 9.17) is 4.74 Å². The summed E-state index contributed by atoms with van der Waals surface area (Å²) in [7, 11) is 1.70. The first-order valence-corrected chi connectivity index (χ1v) is 6.26. The Balaban J connectivity index is 1.98. The fraction of sp³-hybridized carbons (Fsp3) is 0.0588. The third kappa shape index (κ3) is 2.38. The van der Waals surface area contributed by atoms with Gasteiger partial charge in [0.05, 0.1) is 7.11 Å². The maximum atomic E-state index is 5.37. The Morgan fingerprint density at radius 2 is 1.63 bits per heavy atom. The van der Waals surface area contributed by atoms with Gasteiger partial charge in [0, 0.05) is 16.8 Å². The number of nitrogens with one attached hydrogen (secondary N) is 1. The summed E-state index contributed by atoms with van der Waals surface area (Å²) >= 11 is 0. The van der Waals surface area contributed by atoms with Gasteiger partial charge in [0.15, 0.2) is 0 Å². The van der Waals surface area contributed by atoms with E-state index < -0.39 is 0 Å². The molecule has 0 aliphatic carbocycles. The minimum Gasteiger partial charge on any atom is -0.496 e. The second-order valence-electron chi connectivity index (χ2n) is 4.39. The molecular formula is C17H15NO. The van der Waals surface area contributed by atoms with Crippen molar-refractivity contribution in [3.63, 3.8) is 0 Å². The standard InChI is InChI=1S/C17H15NO/c1-19-17-9-5-6-13-12-15(10-11-16(13)17)18-14-7-3-2-4-8-14/h2-12,18H,1H3. The predicted molar refractivity (Wildman–Crippen MR) is 80.2 cm³/mol. The number of hydrogen-bond donors (Lipinski definition) is 1. The van der Waals surface area contributed by atoms with Crippen LogP contribution >= 0.6 is 0 Å². The lowest BCUT2D eigenvalue weighted by atomic mass is 10.1. The molecule has 0 atom stereocenters. The van der Waals surface area contributed by atoms with Crippen molar-refractivity contribution in [1.82, 2.24) is 0 Å². The van der Waals surface area contributed by atoms with Crippen molar-refractivity contribution in [3.8, 4) is 5.75 Å². The summed E-state index contributed by atoms with van der Waals surface area (Å²) in [5.41, 5.74) is 2.16. The number of hydrogen-bond acceptors (Lipinski definition) is 2. The summed E-state index contributed by atoms with van der Waals surface area (Å²) in [5, 5.41) is 5.69. The summed E-state index contributed by atoms with van der Waals surface area (Å²) in [6.45, 7) is 0. The van der Waals surface area contributed by atoms with E-state index in [9.17, 15) is 0 Å². The molecular weight excluding hydrogens is 234 g/mol. The van der Waals surface area contributed by atoms with Gasteiger partial charge in [-0.2, -0.15) is 0 Å². The average molecular weight is 249 g/mol. The van der Waals surface area contributed by atoms with Crippen LogP contribution in [-0.4, -0.2) is 7.11 Å². The molecule has 0 saturated carbocycles. The van der Waals surface area contributed by atoms with Crippen molar-refractivity contribution in [2.75, 3.05) is 12.4 Å². The highest BCUT2D eigenvalue weighted by Gasteiger charge is 2.02. The molecule has 0 amide bonds. The molecule has 2 heteroatoms. The van der Waals surface area contributed by atoms with Crippen LogP contribution in [0.5, 0.6) is 5.75 Å². The minimum absolute atomic E-state index is 0.906. The number of benzene rings is 3. The highest BCUT2D eigenvalue weighted by molar-refractivity contribution is 5.91. The van der Waals surface area contributed by atoms with Crippen molar-refractivity contribution >= 4 is 22.1 Å². The molecule has 0 unspecified atom stereocenters. The number of para-hydroxylation sites is 1. The van der Waals surface area contributed by atoms with Crippen LogP contribution in [0, 0.1) is 0 Å². The van der Waals surface area contributed by atoms with Gasteiger partial charge in [-0.3, -0.25) is 0 Å². The molecule has 0 fully saturated rings. The quantitative estimate of drug-likeness (QED) is 0.733. The fourth-order valence-corrected chi connectivity index (χ4v) is 2.20. The molecule has 0 aromatic heterocycles. The molecule has 0 radical (unpaired) electrons. The lowest BCUT2D eigenvalue weighted by Crippen LogP contribution is -1.90. The van der Waals surface area contributed by atoms with E-state index in [1.54, 1.807) is 7.11 Å². The van der Waals surface area contributed by atoms with Crippen molar-refractivity contribution < 1.29 is 4.74 Å². The molecule has 0 heterocycles. The molecule has 3 aromatic carbocycles. The van der Waals surface area contributed by atoms with Crippen LogP contribution in [0.2, 0.25) is 0 Å². The van der Waals surface area contributed by atoms with E-state index in [-0.39, 0.29) is 0 Å². The first-order valence-electron chi connectivity index (χ1n) is 6.26. The summed E-state index contributed by atoms with van der Waals surface area (Å²) in [5.74, 6) is 0.906. The van der Waals surface area contributed by atoms with Gasteiger partial charge in [-0.05, 0) is 41.8 Å². The highest BCUT2D eigenvalue weighted by atomic mass is 16.5. The van der Waals surface area contributed by atoms with Crippen molar-refractivity contribution in [2.45, 2.75) is 0 Å². The zero-order chi connectivity index (χ0) is 13.1. The average Bonchev–Trinajstić information content (AvgIpc) is 2.47. The highest BCUT2D eigenvalue weighted by Crippen LogP contribution is 2.28. The number of fused-ring (bicyclic) bond motifs is 1. The number of rotatable bonds is 3. The van der Waals surface area contributed by atoms with Gasteiger partial charge < -0.3 is 10.1 Å². The fourth-order valence-electron chi connectivity index (χ4n) is 2.20. The zero-order valence-corrected chi connectivity index (χ0v) is 10.8. The maximum Gasteiger partial charge on any atom is 0.126 e. The van der Waals surface area contributed by atoms with Crippen LogP contribution in [0.3, 0.4) is 0 Å². The molecule has 3 rings (SSSR count). The number of methoxy groups -OCH3 is 1. The van der Waals surface area contributed by atoms with Crippen molar-refractivity contribution in [3.05, 3.63) is 66.7 Å². The first kappa shape index (κ1) is 11.6. The van der Waals surface area contributed by atoms with Gasteiger partial charge in [0.2, 0.25) is 0 Å². The molecule has 94 valence electrons. The van der Waals surface area contributed by atoms with Gasteiger partial charge in [-0.15, -0.1) is 0 Å². The predicted octanol–water partition coefficient (Wildman–Crippen LogP) is 4.59. The monoisotopic (exact) mass is 249 g/mol. The van der Waals surface area contributed by atoms with Gasteiger partial charge >= 0.3 is 0 Å². The molecule has 0 aliphatic heterocycles. The third-order valence-electron chi connectivity index (χ3n) is 3.12. The SMILES string of the molecule is COc1cccc2cc(Nc3ccccc3)ccc12. The van der Waals surface area contributed by atoms with Crippen LogP contribution in [0.25, 0.3) is 10.8 Å². The van der Waals surface area contributed by atoms with Crippen LogP contribution in [0.4, 0.5) is 11.4 Å². The van der Waals surface area contributed by atoms with E-state index in [0.29, 0.717) is 0 Å².